The number of hydrogen-bond acceptors (Lipinski definition) is 6. The van der Waals surface area contributed by atoms with Crippen LogP contribution in [0.1, 0.15) is 27.7 Å². The highest BCUT2D eigenvalue weighted by molar-refractivity contribution is 5.93. The molecule has 0 aromatic carbocycles. The highest BCUT2D eigenvalue weighted by Crippen LogP contribution is 1.93. The fourth-order valence-corrected chi connectivity index (χ4v) is 1.40. The van der Waals surface area contributed by atoms with Gasteiger partial charge in [0.25, 0.3) is 0 Å². The summed E-state index contributed by atoms with van der Waals surface area (Å²) in [6.07, 6.45) is -1.08. The molecule has 0 rings (SSSR count). The number of aliphatic hydroxyl groups is 1. The lowest BCUT2D eigenvalue weighted by Gasteiger charge is -2.21. The third-order valence-corrected chi connectivity index (χ3v) is 3.06. The van der Waals surface area contributed by atoms with E-state index in [1.807, 2.05) is 0 Å². The number of aliphatic hydroxyl groups excluding tert-OH is 1. The number of nitrogens with one attached hydrogen (secondary N) is 3. The summed E-state index contributed by atoms with van der Waals surface area (Å²) in [5, 5.41) is 24.7. The molecule has 0 aromatic rings. The molecule has 0 aliphatic carbocycles. The molecular formula is C13H24N4O6. The second-order valence-electron chi connectivity index (χ2n) is 5.30. The molecule has 132 valence electrons. The molecule has 23 heavy (non-hydrogen) atoms. The summed E-state index contributed by atoms with van der Waals surface area (Å²) in [7, 11) is 0. The summed E-state index contributed by atoms with van der Waals surface area (Å²) in [4.78, 5) is 45.9. The molecule has 0 saturated carbocycles. The Morgan fingerprint density at radius 1 is 0.783 bits per heavy atom. The van der Waals surface area contributed by atoms with Crippen LogP contribution in [0.2, 0.25) is 0 Å². The number of carbonyl (C=O) groups is 4. The smallest absolute Gasteiger partial charge is 0.325 e. The second-order valence-corrected chi connectivity index (χ2v) is 5.30. The van der Waals surface area contributed by atoms with E-state index in [9.17, 15) is 24.3 Å². The summed E-state index contributed by atoms with van der Waals surface area (Å²) >= 11 is 0. The lowest BCUT2D eigenvalue weighted by atomic mass is 10.1. The average molecular weight is 332 g/mol. The maximum atomic E-state index is 11.9. The summed E-state index contributed by atoms with van der Waals surface area (Å²) < 4.78 is 0. The Balaban J connectivity index is 4.48. The van der Waals surface area contributed by atoms with E-state index in [4.69, 9.17) is 10.8 Å². The molecule has 7 N–H and O–H groups in total. The zero-order valence-electron chi connectivity index (χ0n) is 13.5. The summed E-state index contributed by atoms with van der Waals surface area (Å²) in [5.41, 5.74) is 5.43. The number of carbonyl (C=O) groups excluding carboxylic acids is 3. The van der Waals surface area contributed by atoms with Crippen LogP contribution in [0.25, 0.3) is 0 Å². The number of nitrogens with two attached hydrogens (primary N) is 1. The Morgan fingerprint density at radius 2 is 1.13 bits per heavy atom. The van der Waals surface area contributed by atoms with Crippen molar-refractivity contribution in [2.24, 2.45) is 5.73 Å². The minimum absolute atomic E-state index is 0.651. The first-order valence-corrected chi connectivity index (χ1v) is 7.05. The number of aliphatic carboxylic acids is 1. The zero-order chi connectivity index (χ0) is 18.3. The van der Waals surface area contributed by atoms with Crippen LogP contribution >= 0.6 is 0 Å². The van der Waals surface area contributed by atoms with E-state index < -0.39 is 54.0 Å². The van der Waals surface area contributed by atoms with Gasteiger partial charge in [-0.2, -0.15) is 0 Å². The van der Waals surface area contributed by atoms with E-state index in [1.165, 1.54) is 27.7 Å². The Bertz CT molecular complexity index is 467. The van der Waals surface area contributed by atoms with Crippen molar-refractivity contribution in [2.75, 3.05) is 0 Å². The van der Waals surface area contributed by atoms with Crippen LogP contribution in [0.4, 0.5) is 0 Å². The van der Waals surface area contributed by atoms with Crippen molar-refractivity contribution in [1.29, 1.82) is 0 Å². The molecule has 0 aliphatic rings. The van der Waals surface area contributed by atoms with Gasteiger partial charge in [0.2, 0.25) is 17.7 Å². The van der Waals surface area contributed by atoms with Gasteiger partial charge in [-0.05, 0) is 27.7 Å². The van der Waals surface area contributed by atoms with Gasteiger partial charge in [0, 0.05) is 0 Å². The van der Waals surface area contributed by atoms with Gasteiger partial charge < -0.3 is 31.9 Å². The molecule has 0 fully saturated rings. The summed E-state index contributed by atoms with van der Waals surface area (Å²) in [5.74, 6) is -3.24. The third kappa shape index (κ3) is 7.06. The normalized spacial score (nSPS) is 17.1. The van der Waals surface area contributed by atoms with Crippen LogP contribution in [-0.4, -0.2) is 64.2 Å². The first-order chi connectivity index (χ1) is 10.5. The molecular weight excluding hydrogens is 308 g/mol. The molecule has 0 radical (unpaired) electrons. The van der Waals surface area contributed by atoms with Crippen molar-refractivity contribution < 1.29 is 29.4 Å². The lowest BCUT2D eigenvalue weighted by Crippen LogP contribution is -2.56. The van der Waals surface area contributed by atoms with Crippen LogP contribution in [0.3, 0.4) is 0 Å². The molecule has 10 nitrogen and oxygen atoms in total. The van der Waals surface area contributed by atoms with Crippen molar-refractivity contribution in [2.45, 2.75) is 58.0 Å². The topological polar surface area (TPSA) is 171 Å². The van der Waals surface area contributed by atoms with Crippen LogP contribution in [0.15, 0.2) is 0 Å². The number of hydrogen-bond donors (Lipinski definition) is 6. The largest absolute Gasteiger partial charge is 0.480 e. The Kier molecular flexibility index (Phi) is 8.19. The zero-order valence-corrected chi connectivity index (χ0v) is 13.5. The van der Waals surface area contributed by atoms with Gasteiger partial charge in [0.15, 0.2) is 0 Å². The van der Waals surface area contributed by atoms with Gasteiger partial charge in [-0.1, -0.05) is 0 Å². The van der Waals surface area contributed by atoms with Gasteiger partial charge in [-0.15, -0.1) is 0 Å². The van der Waals surface area contributed by atoms with Gasteiger partial charge >= 0.3 is 5.97 Å². The molecule has 0 spiro atoms. The minimum atomic E-state index is -1.20. The Morgan fingerprint density at radius 3 is 1.48 bits per heavy atom. The quantitative estimate of drug-likeness (QED) is 0.280. The summed E-state index contributed by atoms with van der Waals surface area (Å²) in [6, 6.07) is -4.25. The molecule has 5 atom stereocenters. The van der Waals surface area contributed by atoms with Crippen molar-refractivity contribution >= 4 is 23.7 Å². The molecule has 0 aliphatic heterocycles. The molecule has 0 unspecified atom stereocenters. The molecule has 0 saturated heterocycles. The van der Waals surface area contributed by atoms with E-state index in [2.05, 4.69) is 16.0 Å². The molecule has 0 bridgehead atoms. The van der Waals surface area contributed by atoms with E-state index >= 15 is 0 Å². The van der Waals surface area contributed by atoms with Gasteiger partial charge in [0.05, 0.1) is 6.10 Å². The first-order valence-electron chi connectivity index (χ1n) is 7.05. The third-order valence-electron chi connectivity index (χ3n) is 3.06. The van der Waals surface area contributed by atoms with Crippen LogP contribution in [-0.2, 0) is 19.2 Å². The van der Waals surface area contributed by atoms with E-state index in [1.54, 1.807) is 0 Å². The van der Waals surface area contributed by atoms with Crippen LogP contribution in [0.5, 0.6) is 0 Å². The number of rotatable bonds is 8. The van der Waals surface area contributed by atoms with Crippen LogP contribution in [0, 0.1) is 0 Å². The molecule has 3 amide bonds. The molecule has 0 aromatic heterocycles. The Labute approximate surface area is 133 Å². The predicted molar refractivity (Wildman–Crippen MR) is 80.1 cm³/mol. The fourth-order valence-electron chi connectivity index (χ4n) is 1.40. The van der Waals surface area contributed by atoms with Gasteiger partial charge in [-0.25, -0.2) is 0 Å². The lowest BCUT2D eigenvalue weighted by molar-refractivity contribution is -0.141. The fraction of sp³-hybridized carbons (Fsp3) is 0.692. The molecule has 10 heteroatoms. The second kappa shape index (κ2) is 9.06. The molecule has 0 heterocycles. The number of carboxylic acid groups (broad SMARTS) is 1. The minimum Gasteiger partial charge on any atom is -0.480 e. The predicted octanol–water partition coefficient (Wildman–Crippen LogP) is -2.71. The van der Waals surface area contributed by atoms with Gasteiger partial charge in [0.1, 0.15) is 24.2 Å². The Hall–Kier alpha value is -2.20. The highest BCUT2D eigenvalue weighted by atomic mass is 16.4. The van der Waals surface area contributed by atoms with E-state index in [-0.39, 0.29) is 0 Å². The maximum Gasteiger partial charge on any atom is 0.325 e. The standard InChI is InChI=1S/C13H24N4O6/c1-5(11(20)17-7(3)13(22)23)15-10(19)6(2)16-12(21)9(14)8(4)18/h5-9,18H,14H2,1-4H3,(H,15,19)(H,16,21)(H,17,20)(H,22,23)/t5-,6-,7-,8+,9-/m0/s1. The average Bonchev–Trinajstić information content (AvgIpc) is 2.45. The summed E-state index contributed by atoms with van der Waals surface area (Å²) in [6.45, 7) is 5.38. The van der Waals surface area contributed by atoms with Gasteiger partial charge in [-0.3, -0.25) is 19.2 Å². The van der Waals surface area contributed by atoms with E-state index in [0.717, 1.165) is 0 Å². The van der Waals surface area contributed by atoms with E-state index in [0.29, 0.717) is 0 Å². The maximum absolute atomic E-state index is 11.9. The van der Waals surface area contributed by atoms with Crippen molar-refractivity contribution in [3.63, 3.8) is 0 Å². The van der Waals surface area contributed by atoms with Crippen molar-refractivity contribution in [1.82, 2.24) is 16.0 Å². The highest BCUT2D eigenvalue weighted by Gasteiger charge is 2.25. The van der Waals surface area contributed by atoms with Crippen LogP contribution < -0.4 is 21.7 Å². The monoisotopic (exact) mass is 332 g/mol. The number of amides is 3. The SMILES string of the molecule is C[C@H](NC(=O)[C@H](C)NC(=O)[C@H](C)NC(=O)[C@@H](N)[C@@H](C)O)C(=O)O. The first kappa shape index (κ1) is 20.8. The van der Waals surface area contributed by atoms with Crippen molar-refractivity contribution in [3.8, 4) is 0 Å². The number of carboxylic acids is 1. The van der Waals surface area contributed by atoms with Crippen molar-refractivity contribution in [3.05, 3.63) is 0 Å².